The van der Waals surface area contributed by atoms with Crippen molar-refractivity contribution < 1.29 is 18.0 Å². The van der Waals surface area contributed by atoms with Crippen molar-refractivity contribution in [1.29, 1.82) is 0 Å². The average molecular weight is 539 g/mol. The van der Waals surface area contributed by atoms with Crippen LogP contribution in [0.5, 0.6) is 0 Å². The van der Waals surface area contributed by atoms with Gasteiger partial charge in [0.1, 0.15) is 5.82 Å². The van der Waals surface area contributed by atoms with Crippen molar-refractivity contribution >= 4 is 32.7 Å². The molecule has 1 fully saturated rings. The van der Waals surface area contributed by atoms with Crippen LogP contribution < -0.4 is 4.72 Å². The van der Waals surface area contributed by atoms with E-state index < -0.39 is 16.1 Å². The van der Waals surface area contributed by atoms with Gasteiger partial charge in [0, 0.05) is 18.9 Å². The van der Waals surface area contributed by atoms with E-state index in [0.717, 1.165) is 29.4 Å². The summed E-state index contributed by atoms with van der Waals surface area (Å²) in [6.45, 7) is 6.38. The van der Waals surface area contributed by atoms with Crippen LogP contribution in [0.3, 0.4) is 0 Å². The topological polar surface area (TPSA) is 112 Å². The molecule has 1 amide bonds. The van der Waals surface area contributed by atoms with Crippen molar-refractivity contribution in [3.8, 4) is 0 Å². The molecule has 1 saturated heterocycles. The Kier molecular flexibility index (Phi) is 8.99. The number of H-pyrrole nitrogens is 1. The molecule has 3 atom stereocenters. The standard InChI is InChI=1S/C29H38N4O4S/c1-20(2)15-17-38(36,37)32-25(19-28(35)33-16-9-14-26(33)22-10-5-4-6-11-22)27(34)18-21(3)29-30-23-12-7-8-13-24(23)31-29/h4-8,10-13,20-21,25-26,32H,9,14-19H2,1-3H3,(H,30,31)/t21?,25-,26+/m0/s1. The van der Waals surface area contributed by atoms with Gasteiger partial charge < -0.3 is 9.88 Å². The number of benzene rings is 2. The fourth-order valence-electron chi connectivity index (χ4n) is 5.01. The summed E-state index contributed by atoms with van der Waals surface area (Å²) >= 11 is 0. The number of nitrogens with zero attached hydrogens (tertiary/aromatic N) is 2. The van der Waals surface area contributed by atoms with E-state index in [2.05, 4.69) is 14.7 Å². The van der Waals surface area contributed by atoms with E-state index in [0.29, 0.717) is 18.8 Å². The first-order chi connectivity index (χ1) is 18.1. The molecule has 8 nitrogen and oxygen atoms in total. The van der Waals surface area contributed by atoms with Crippen molar-refractivity contribution in [3.63, 3.8) is 0 Å². The Hall–Kier alpha value is -3.04. The number of nitrogens with one attached hydrogen (secondary N) is 2. The zero-order valence-corrected chi connectivity index (χ0v) is 23.2. The van der Waals surface area contributed by atoms with Crippen molar-refractivity contribution in [1.82, 2.24) is 19.6 Å². The third kappa shape index (κ3) is 7.08. The summed E-state index contributed by atoms with van der Waals surface area (Å²) in [6, 6.07) is 16.3. The summed E-state index contributed by atoms with van der Waals surface area (Å²) in [5.41, 5.74) is 2.74. The molecule has 1 aliphatic heterocycles. The van der Waals surface area contributed by atoms with E-state index in [1.165, 1.54) is 0 Å². The van der Waals surface area contributed by atoms with Crippen LogP contribution >= 0.6 is 0 Å². The predicted octanol–water partition coefficient (Wildman–Crippen LogP) is 4.71. The summed E-state index contributed by atoms with van der Waals surface area (Å²) < 4.78 is 28.4. The van der Waals surface area contributed by atoms with Crippen LogP contribution in [0.4, 0.5) is 0 Å². The molecule has 4 rings (SSSR count). The summed E-state index contributed by atoms with van der Waals surface area (Å²) in [5, 5.41) is 0. The number of Topliss-reactive ketones (excluding diaryl/α,β-unsaturated/α-hetero) is 1. The van der Waals surface area contributed by atoms with Gasteiger partial charge >= 0.3 is 0 Å². The number of rotatable bonds is 12. The smallest absolute Gasteiger partial charge is 0.225 e. The first-order valence-corrected chi connectivity index (χ1v) is 15.1. The normalized spacial score (nSPS) is 17.7. The van der Waals surface area contributed by atoms with Gasteiger partial charge in [0.05, 0.1) is 35.3 Å². The highest BCUT2D eigenvalue weighted by Gasteiger charge is 2.34. The zero-order chi connectivity index (χ0) is 27.3. The quantitative estimate of drug-likeness (QED) is 0.347. The molecule has 0 spiro atoms. The molecule has 2 N–H and O–H groups in total. The molecule has 2 heterocycles. The Bertz CT molecular complexity index is 1320. The van der Waals surface area contributed by atoms with Crippen LogP contribution in [-0.4, -0.2) is 53.3 Å². The van der Waals surface area contributed by atoms with Crippen LogP contribution in [0.15, 0.2) is 54.6 Å². The minimum atomic E-state index is -3.74. The van der Waals surface area contributed by atoms with Crippen LogP contribution in [0.2, 0.25) is 0 Å². The Morgan fingerprint density at radius 1 is 1.05 bits per heavy atom. The lowest BCUT2D eigenvalue weighted by Gasteiger charge is -2.27. The highest BCUT2D eigenvalue weighted by atomic mass is 32.2. The fraction of sp³-hybridized carbons (Fsp3) is 0.483. The molecule has 1 unspecified atom stereocenters. The largest absolute Gasteiger partial charge is 0.342 e. The van der Waals surface area contributed by atoms with Crippen LogP contribution in [-0.2, 0) is 19.6 Å². The lowest BCUT2D eigenvalue weighted by molar-refractivity contribution is -0.135. The van der Waals surface area contributed by atoms with Crippen molar-refractivity contribution in [2.24, 2.45) is 5.92 Å². The molecule has 0 radical (unpaired) electrons. The number of para-hydroxylation sites is 2. The van der Waals surface area contributed by atoms with Gasteiger partial charge in [-0.25, -0.2) is 18.1 Å². The second-order valence-corrected chi connectivity index (χ2v) is 12.6. The number of imidazole rings is 1. The highest BCUT2D eigenvalue weighted by Crippen LogP contribution is 2.32. The number of fused-ring (bicyclic) bond motifs is 1. The summed E-state index contributed by atoms with van der Waals surface area (Å²) in [4.78, 5) is 36.6. The second kappa shape index (κ2) is 12.2. The Labute approximate surface area is 225 Å². The number of hydrogen-bond donors (Lipinski definition) is 2. The minimum Gasteiger partial charge on any atom is -0.342 e. The number of carbonyl (C=O) groups is 2. The number of likely N-dealkylation sites (tertiary alicyclic amines) is 1. The molecular weight excluding hydrogens is 500 g/mol. The highest BCUT2D eigenvalue weighted by molar-refractivity contribution is 7.89. The number of hydrogen-bond acceptors (Lipinski definition) is 5. The maximum absolute atomic E-state index is 13.5. The molecule has 9 heteroatoms. The second-order valence-electron chi connectivity index (χ2n) is 10.7. The van der Waals surface area contributed by atoms with Gasteiger partial charge in [-0.3, -0.25) is 9.59 Å². The van der Waals surface area contributed by atoms with E-state index >= 15 is 0 Å². The predicted molar refractivity (Wildman–Crippen MR) is 149 cm³/mol. The number of amides is 1. The number of ketones is 1. The molecule has 0 aliphatic carbocycles. The Balaban J connectivity index is 1.51. The van der Waals surface area contributed by atoms with Crippen LogP contribution in [0.1, 0.15) is 76.2 Å². The number of carbonyl (C=O) groups excluding carboxylic acids is 2. The summed E-state index contributed by atoms with van der Waals surface area (Å²) in [6.07, 6.45) is 2.05. The minimum absolute atomic E-state index is 0.0621. The van der Waals surface area contributed by atoms with Gasteiger partial charge in [0.25, 0.3) is 0 Å². The van der Waals surface area contributed by atoms with E-state index in [-0.39, 0.29) is 48.2 Å². The van der Waals surface area contributed by atoms with E-state index in [1.54, 1.807) is 4.90 Å². The van der Waals surface area contributed by atoms with Crippen molar-refractivity contribution in [3.05, 3.63) is 66.0 Å². The third-order valence-corrected chi connectivity index (χ3v) is 8.61. The maximum atomic E-state index is 13.5. The molecule has 3 aromatic rings. The van der Waals surface area contributed by atoms with Crippen molar-refractivity contribution in [2.75, 3.05) is 12.3 Å². The summed E-state index contributed by atoms with van der Waals surface area (Å²) in [5.74, 6) is -0.00952. The lowest BCUT2D eigenvalue weighted by atomic mass is 9.97. The molecule has 204 valence electrons. The fourth-order valence-corrected chi connectivity index (χ4v) is 6.56. The van der Waals surface area contributed by atoms with Crippen molar-refractivity contribution in [2.45, 2.75) is 70.9 Å². The Morgan fingerprint density at radius 2 is 1.76 bits per heavy atom. The Morgan fingerprint density at radius 3 is 2.47 bits per heavy atom. The van der Waals surface area contributed by atoms with Gasteiger partial charge in [-0.2, -0.15) is 0 Å². The molecule has 38 heavy (non-hydrogen) atoms. The van der Waals surface area contributed by atoms with E-state index in [1.807, 2.05) is 75.4 Å². The van der Waals surface area contributed by atoms with Crippen LogP contribution in [0.25, 0.3) is 11.0 Å². The molecule has 1 aliphatic rings. The van der Waals surface area contributed by atoms with E-state index in [4.69, 9.17) is 0 Å². The molecular formula is C29H38N4O4S. The SMILES string of the molecule is CC(C)CCS(=O)(=O)N[C@@H](CC(=O)N1CCC[C@@H]1c1ccccc1)C(=O)CC(C)c1nc2ccccc2[nH]1. The molecule has 1 aromatic heterocycles. The third-order valence-electron chi connectivity index (χ3n) is 7.19. The van der Waals surface area contributed by atoms with E-state index in [9.17, 15) is 18.0 Å². The number of sulfonamides is 1. The molecule has 0 bridgehead atoms. The number of aromatic nitrogens is 2. The van der Waals surface area contributed by atoms with Crippen LogP contribution in [0, 0.1) is 5.92 Å². The first-order valence-electron chi connectivity index (χ1n) is 13.4. The summed E-state index contributed by atoms with van der Waals surface area (Å²) in [7, 11) is -3.74. The molecule has 2 aromatic carbocycles. The number of aromatic amines is 1. The average Bonchev–Trinajstić information content (AvgIpc) is 3.55. The van der Waals surface area contributed by atoms with Gasteiger partial charge in [-0.15, -0.1) is 0 Å². The van der Waals surface area contributed by atoms with Gasteiger partial charge in [-0.05, 0) is 42.9 Å². The zero-order valence-electron chi connectivity index (χ0n) is 22.4. The van der Waals surface area contributed by atoms with Gasteiger partial charge in [0.15, 0.2) is 5.78 Å². The maximum Gasteiger partial charge on any atom is 0.225 e. The monoisotopic (exact) mass is 538 g/mol. The lowest BCUT2D eigenvalue weighted by Crippen LogP contribution is -2.46. The molecule has 0 saturated carbocycles. The van der Waals surface area contributed by atoms with Gasteiger partial charge in [-0.1, -0.05) is 63.2 Å². The van der Waals surface area contributed by atoms with Gasteiger partial charge in [0.2, 0.25) is 15.9 Å². The first kappa shape index (κ1) is 28.0.